The molecule has 0 saturated carbocycles. The predicted octanol–water partition coefficient (Wildman–Crippen LogP) is 4.12. The van der Waals surface area contributed by atoms with Crippen LogP contribution in [0.3, 0.4) is 0 Å². The monoisotopic (exact) mass is 309 g/mol. The first-order valence-electron chi connectivity index (χ1n) is 7.28. The van der Waals surface area contributed by atoms with Crippen LogP contribution in [0.2, 0.25) is 5.02 Å². The number of hydrogen-bond acceptors (Lipinski definition) is 2. The Morgan fingerprint density at radius 1 is 1.38 bits per heavy atom. The zero-order valence-corrected chi connectivity index (χ0v) is 13.4. The highest BCUT2D eigenvalue weighted by atomic mass is 35.5. The molecule has 1 aromatic carbocycles. The third-order valence-corrected chi connectivity index (χ3v) is 3.60. The van der Waals surface area contributed by atoms with E-state index in [2.05, 4.69) is 31.2 Å². The Kier molecular flexibility index (Phi) is 5.37. The number of hydrogen-bond donors (Lipinski definition) is 1. The Hall–Kier alpha value is -1.39. The maximum absolute atomic E-state index is 14.1. The molecule has 0 atom stereocenters. The Morgan fingerprint density at radius 3 is 2.76 bits per heavy atom. The van der Waals surface area contributed by atoms with E-state index in [9.17, 15) is 4.39 Å². The summed E-state index contributed by atoms with van der Waals surface area (Å²) in [5.41, 5.74) is 2.43. The fraction of sp³-hybridized carbons (Fsp3) is 0.438. The van der Waals surface area contributed by atoms with Gasteiger partial charge in [0.1, 0.15) is 11.5 Å². The lowest BCUT2D eigenvalue weighted by Gasteiger charge is -2.12. The minimum Gasteiger partial charge on any atom is -0.310 e. The van der Waals surface area contributed by atoms with Crippen LogP contribution < -0.4 is 5.32 Å². The summed E-state index contributed by atoms with van der Waals surface area (Å²) in [6.45, 7) is 7.01. The highest BCUT2D eigenvalue weighted by Crippen LogP contribution is 2.26. The zero-order valence-electron chi connectivity index (χ0n) is 12.7. The number of aromatic nitrogens is 2. The molecule has 0 fully saturated rings. The van der Waals surface area contributed by atoms with E-state index in [0.29, 0.717) is 16.8 Å². The van der Waals surface area contributed by atoms with E-state index in [-0.39, 0.29) is 5.82 Å². The van der Waals surface area contributed by atoms with E-state index in [1.54, 1.807) is 23.0 Å². The number of nitrogens with zero attached hydrogens (tertiary/aromatic N) is 2. The van der Waals surface area contributed by atoms with Gasteiger partial charge in [-0.15, -0.1) is 0 Å². The molecule has 1 heterocycles. The van der Waals surface area contributed by atoms with Crippen LogP contribution in [-0.2, 0) is 13.0 Å². The molecule has 0 radical (unpaired) electrons. The van der Waals surface area contributed by atoms with Crippen molar-refractivity contribution in [1.29, 1.82) is 0 Å². The standard InChI is InChI=1S/C16H21ClFN3/c1-4-6-15-12(9-19-11(2)3)10-20-21(15)16-13(17)7-5-8-14(16)18/h5,7-8,10-11,19H,4,6,9H2,1-3H3. The van der Waals surface area contributed by atoms with Crippen LogP contribution >= 0.6 is 11.6 Å². The number of benzene rings is 1. The van der Waals surface area contributed by atoms with Gasteiger partial charge < -0.3 is 5.32 Å². The molecule has 0 aliphatic rings. The third kappa shape index (κ3) is 3.63. The molecule has 0 aliphatic heterocycles. The van der Waals surface area contributed by atoms with Gasteiger partial charge in [0.2, 0.25) is 0 Å². The van der Waals surface area contributed by atoms with Crippen LogP contribution in [0.1, 0.15) is 38.4 Å². The largest absolute Gasteiger partial charge is 0.310 e. The highest BCUT2D eigenvalue weighted by molar-refractivity contribution is 6.32. The van der Waals surface area contributed by atoms with E-state index < -0.39 is 0 Å². The number of nitrogens with one attached hydrogen (secondary N) is 1. The van der Waals surface area contributed by atoms with E-state index in [4.69, 9.17) is 11.6 Å². The van der Waals surface area contributed by atoms with Crippen molar-refractivity contribution in [3.8, 4) is 5.69 Å². The van der Waals surface area contributed by atoms with Crippen molar-refractivity contribution < 1.29 is 4.39 Å². The van der Waals surface area contributed by atoms with Gasteiger partial charge in [-0.25, -0.2) is 9.07 Å². The van der Waals surface area contributed by atoms with Crippen molar-refractivity contribution in [3.05, 3.63) is 46.5 Å². The maximum Gasteiger partial charge on any atom is 0.150 e. The molecular weight excluding hydrogens is 289 g/mol. The molecule has 114 valence electrons. The molecule has 0 spiro atoms. The van der Waals surface area contributed by atoms with Crippen LogP contribution in [0.25, 0.3) is 5.69 Å². The molecule has 1 N–H and O–H groups in total. The lowest BCUT2D eigenvalue weighted by molar-refractivity contribution is 0.582. The Bertz CT molecular complexity index is 587. The number of para-hydroxylation sites is 1. The molecular formula is C16H21ClFN3. The van der Waals surface area contributed by atoms with Crippen LogP contribution in [0.15, 0.2) is 24.4 Å². The minimum atomic E-state index is -0.355. The van der Waals surface area contributed by atoms with E-state index in [1.165, 1.54) is 6.07 Å². The summed E-state index contributed by atoms with van der Waals surface area (Å²) in [7, 11) is 0. The SMILES string of the molecule is CCCc1c(CNC(C)C)cnn1-c1c(F)cccc1Cl. The van der Waals surface area contributed by atoms with Gasteiger partial charge in [-0.05, 0) is 18.6 Å². The van der Waals surface area contributed by atoms with Crippen molar-refractivity contribution in [3.63, 3.8) is 0 Å². The molecule has 2 rings (SSSR count). The van der Waals surface area contributed by atoms with Crippen molar-refractivity contribution in [2.45, 2.75) is 46.2 Å². The average Bonchev–Trinajstić information content (AvgIpc) is 2.80. The van der Waals surface area contributed by atoms with Crippen molar-refractivity contribution >= 4 is 11.6 Å². The topological polar surface area (TPSA) is 29.9 Å². The highest BCUT2D eigenvalue weighted by Gasteiger charge is 2.17. The van der Waals surface area contributed by atoms with Gasteiger partial charge in [0.05, 0.1) is 11.2 Å². The first-order chi connectivity index (χ1) is 10.0. The summed E-state index contributed by atoms with van der Waals surface area (Å²) in [5.74, 6) is -0.355. The molecule has 0 aliphatic carbocycles. The fourth-order valence-corrected chi connectivity index (χ4v) is 2.50. The first kappa shape index (κ1) is 16.0. The summed E-state index contributed by atoms with van der Waals surface area (Å²) >= 11 is 6.16. The molecule has 3 nitrogen and oxygen atoms in total. The van der Waals surface area contributed by atoms with Crippen LogP contribution in [0.5, 0.6) is 0 Å². The minimum absolute atomic E-state index is 0.332. The summed E-state index contributed by atoms with van der Waals surface area (Å²) in [6, 6.07) is 5.08. The second-order valence-corrected chi connectivity index (χ2v) is 5.79. The maximum atomic E-state index is 14.1. The molecule has 0 unspecified atom stereocenters. The Labute approximate surface area is 130 Å². The second kappa shape index (κ2) is 7.05. The third-order valence-electron chi connectivity index (χ3n) is 3.29. The molecule has 0 saturated heterocycles. The van der Waals surface area contributed by atoms with Crippen molar-refractivity contribution in [1.82, 2.24) is 15.1 Å². The Balaban J connectivity index is 2.44. The lowest BCUT2D eigenvalue weighted by Crippen LogP contribution is -2.22. The van der Waals surface area contributed by atoms with E-state index in [1.807, 2.05) is 0 Å². The van der Waals surface area contributed by atoms with Gasteiger partial charge in [0.15, 0.2) is 0 Å². The normalized spacial score (nSPS) is 11.3. The van der Waals surface area contributed by atoms with Gasteiger partial charge in [0.25, 0.3) is 0 Å². The van der Waals surface area contributed by atoms with E-state index >= 15 is 0 Å². The van der Waals surface area contributed by atoms with Crippen LogP contribution in [0, 0.1) is 5.82 Å². The zero-order chi connectivity index (χ0) is 15.4. The molecule has 0 amide bonds. The predicted molar refractivity (Wildman–Crippen MR) is 84.5 cm³/mol. The molecule has 2 aromatic rings. The van der Waals surface area contributed by atoms with Crippen LogP contribution in [-0.4, -0.2) is 15.8 Å². The van der Waals surface area contributed by atoms with Gasteiger partial charge in [-0.2, -0.15) is 5.10 Å². The summed E-state index contributed by atoms with van der Waals surface area (Å²) < 4.78 is 15.8. The van der Waals surface area contributed by atoms with Gasteiger partial charge in [-0.3, -0.25) is 0 Å². The average molecular weight is 310 g/mol. The summed E-state index contributed by atoms with van der Waals surface area (Å²) in [5, 5.41) is 8.11. The number of rotatable bonds is 6. The van der Waals surface area contributed by atoms with Crippen LogP contribution in [0.4, 0.5) is 4.39 Å². The quantitative estimate of drug-likeness (QED) is 0.870. The van der Waals surface area contributed by atoms with Gasteiger partial charge >= 0.3 is 0 Å². The van der Waals surface area contributed by atoms with Crippen molar-refractivity contribution in [2.75, 3.05) is 0 Å². The summed E-state index contributed by atoms with van der Waals surface area (Å²) in [4.78, 5) is 0. The smallest absolute Gasteiger partial charge is 0.150 e. The van der Waals surface area contributed by atoms with Gasteiger partial charge in [-0.1, -0.05) is 44.9 Å². The van der Waals surface area contributed by atoms with E-state index in [0.717, 1.165) is 30.6 Å². The number of halogens is 2. The van der Waals surface area contributed by atoms with Crippen molar-refractivity contribution in [2.24, 2.45) is 0 Å². The molecule has 1 aromatic heterocycles. The first-order valence-corrected chi connectivity index (χ1v) is 7.66. The lowest BCUT2D eigenvalue weighted by atomic mass is 10.1. The molecule has 0 bridgehead atoms. The van der Waals surface area contributed by atoms with Gasteiger partial charge in [0, 0.05) is 23.8 Å². The second-order valence-electron chi connectivity index (χ2n) is 5.38. The Morgan fingerprint density at radius 2 is 2.14 bits per heavy atom. The fourth-order valence-electron chi connectivity index (χ4n) is 2.26. The molecule has 21 heavy (non-hydrogen) atoms. The summed E-state index contributed by atoms with van der Waals surface area (Å²) in [6.07, 6.45) is 3.59. The molecule has 5 heteroatoms.